The second-order valence-corrected chi connectivity index (χ2v) is 3.70. The molecule has 2 atom stereocenters. The van der Waals surface area contributed by atoms with Crippen LogP contribution in [0.25, 0.3) is 0 Å². The predicted octanol–water partition coefficient (Wildman–Crippen LogP) is 1.22. The molecular weight excluding hydrogens is 138 g/mol. The lowest BCUT2D eigenvalue weighted by atomic mass is 9.94. The number of hydrogen-bond acceptors (Lipinski definition) is 1. The first-order valence-electron chi connectivity index (χ1n) is 4.25. The van der Waals surface area contributed by atoms with E-state index in [1.54, 1.807) is 6.08 Å². The third kappa shape index (κ3) is 1.17. The summed E-state index contributed by atoms with van der Waals surface area (Å²) in [6.07, 6.45) is 6.72. The first-order valence-corrected chi connectivity index (χ1v) is 4.25. The highest BCUT2D eigenvalue weighted by molar-refractivity contribution is 5.86. The Balaban J connectivity index is 2.13. The van der Waals surface area contributed by atoms with Crippen molar-refractivity contribution in [3.05, 3.63) is 11.6 Å². The van der Waals surface area contributed by atoms with Gasteiger partial charge in [0, 0.05) is 6.08 Å². The molecule has 2 rings (SSSR count). The van der Waals surface area contributed by atoms with Crippen molar-refractivity contribution in [3.63, 3.8) is 0 Å². The first kappa shape index (κ1) is 6.89. The predicted molar refractivity (Wildman–Crippen MR) is 42.7 cm³/mol. The second kappa shape index (κ2) is 2.36. The number of nitrogens with two attached hydrogens (primary N) is 1. The first-order chi connectivity index (χ1) is 5.25. The van der Waals surface area contributed by atoms with Crippen molar-refractivity contribution in [2.45, 2.75) is 25.7 Å². The van der Waals surface area contributed by atoms with Gasteiger partial charge in [-0.05, 0) is 37.5 Å². The smallest absolute Gasteiger partial charge is 0.241 e. The van der Waals surface area contributed by atoms with Crippen LogP contribution in [0.1, 0.15) is 25.7 Å². The van der Waals surface area contributed by atoms with Gasteiger partial charge in [0.05, 0.1) is 0 Å². The maximum absolute atomic E-state index is 10.6. The molecule has 2 unspecified atom stereocenters. The van der Waals surface area contributed by atoms with Gasteiger partial charge < -0.3 is 5.73 Å². The fourth-order valence-electron chi connectivity index (χ4n) is 2.46. The SMILES string of the molecule is NC(=O)/C=C1/CC2CCC1C2. The Labute approximate surface area is 66.5 Å². The summed E-state index contributed by atoms with van der Waals surface area (Å²) in [6.45, 7) is 0. The molecule has 2 N–H and O–H groups in total. The van der Waals surface area contributed by atoms with E-state index in [2.05, 4.69) is 0 Å². The fraction of sp³-hybridized carbons (Fsp3) is 0.667. The topological polar surface area (TPSA) is 43.1 Å². The number of carbonyl (C=O) groups is 1. The zero-order valence-electron chi connectivity index (χ0n) is 6.55. The van der Waals surface area contributed by atoms with E-state index >= 15 is 0 Å². The minimum absolute atomic E-state index is 0.271. The van der Waals surface area contributed by atoms with Crippen LogP contribution < -0.4 is 5.73 Å². The molecule has 2 bridgehead atoms. The van der Waals surface area contributed by atoms with Gasteiger partial charge in [0.2, 0.25) is 5.91 Å². The van der Waals surface area contributed by atoms with E-state index in [-0.39, 0.29) is 5.91 Å². The number of allylic oxidation sites excluding steroid dienone is 1. The third-order valence-corrected chi connectivity index (χ3v) is 2.92. The summed E-state index contributed by atoms with van der Waals surface area (Å²) in [4.78, 5) is 10.6. The fourth-order valence-corrected chi connectivity index (χ4v) is 2.46. The number of primary amides is 1. The molecule has 1 amide bonds. The van der Waals surface area contributed by atoms with Crippen molar-refractivity contribution in [3.8, 4) is 0 Å². The maximum atomic E-state index is 10.6. The number of fused-ring (bicyclic) bond motifs is 2. The highest BCUT2D eigenvalue weighted by Gasteiger charge is 2.35. The highest BCUT2D eigenvalue weighted by Crippen LogP contribution is 2.47. The number of rotatable bonds is 1. The quantitative estimate of drug-likeness (QED) is 0.562. The second-order valence-electron chi connectivity index (χ2n) is 3.70. The van der Waals surface area contributed by atoms with Gasteiger partial charge >= 0.3 is 0 Å². The Kier molecular flexibility index (Phi) is 1.48. The summed E-state index contributed by atoms with van der Waals surface area (Å²) in [5.74, 6) is 1.30. The van der Waals surface area contributed by atoms with Gasteiger partial charge in [0.15, 0.2) is 0 Å². The van der Waals surface area contributed by atoms with Crippen LogP contribution in [-0.4, -0.2) is 5.91 Å². The van der Waals surface area contributed by atoms with Crippen LogP contribution in [0.5, 0.6) is 0 Å². The van der Waals surface area contributed by atoms with Crippen LogP contribution in [-0.2, 0) is 4.79 Å². The monoisotopic (exact) mass is 151 g/mol. The zero-order valence-corrected chi connectivity index (χ0v) is 6.55. The standard InChI is InChI=1S/C9H13NO/c10-9(11)5-8-4-6-1-2-7(8)3-6/h5-7H,1-4H2,(H2,10,11)/b8-5-. The van der Waals surface area contributed by atoms with Crippen LogP contribution in [0.3, 0.4) is 0 Å². The molecule has 2 fully saturated rings. The Bertz CT molecular complexity index is 220. The molecule has 2 aliphatic carbocycles. The molecule has 0 aromatic rings. The van der Waals surface area contributed by atoms with E-state index in [4.69, 9.17) is 5.73 Å². The highest BCUT2D eigenvalue weighted by atomic mass is 16.1. The van der Waals surface area contributed by atoms with Crippen molar-refractivity contribution in [1.82, 2.24) is 0 Å². The number of carbonyl (C=O) groups excluding carboxylic acids is 1. The Hall–Kier alpha value is -0.790. The summed E-state index contributed by atoms with van der Waals surface area (Å²) in [6, 6.07) is 0. The van der Waals surface area contributed by atoms with Gasteiger partial charge in [0.1, 0.15) is 0 Å². The van der Waals surface area contributed by atoms with Crippen LogP contribution >= 0.6 is 0 Å². The van der Waals surface area contributed by atoms with E-state index < -0.39 is 0 Å². The molecule has 0 aromatic carbocycles. The van der Waals surface area contributed by atoms with Crippen LogP contribution in [0.4, 0.5) is 0 Å². The molecule has 2 heteroatoms. The molecule has 0 spiro atoms. The normalized spacial score (nSPS) is 38.4. The maximum Gasteiger partial charge on any atom is 0.241 e. The van der Waals surface area contributed by atoms with E-state index in [0.717, 1.165) is 12.3 Å². The molecule has 0 radical (unpaired) electrons. The van der Waals surface area contributed by atoms with Crippen molar-refractivity contribution in [1.29, 1.82) is 0 Å². The van der Waals surface area contributed by atoms with E-state index in [9.17, 15) is 4.79 Å². The number of hydrogen-bond donors (Lipinski definition) is 1. The van der Waals surface area contributed by atoms with Crippen LogP contribution in [0.15, 0.2) is 11.6 Å². The lowest BCUT2D eigenvalue weighted by molar-refractivity contribution is -0.113. The number of amides is 1. The molecule has 2 nitrogen and oxygen atoms in total. The lowest BCUT2D eigenvalue weighted by Gasteiger charge is -2.11. The van der Waals surface area contributed by atoms with Crippen molar-refractivity contribution in [2.24, 2.45) is 17.6 Å². The van der Waals surface area contributed by atoms with Crippen LogP contribution in [0.2, 0.25) is 0 Å². The molecule has 2 aliphatic rings. The minimum Gasteiger partial charge on any atom is -0.366 e. The van der Waals surface area contributed by atoms with Gasteiger partial charge in [-0.25, -0.2) is 0 Å². The molecular formula is C9H13NO. The van der Waals surface area contributed by atoms with Gasteiger partial charge in [-0.15, -0.1) is 0 Å². The average molecular weight is 151 g/mol. The summed E-state index contributed by atoms with van der Waals surface area (Å²) in [7, 11) is 0. The van der Waals surface area contributed by atoms with E-state index in [1.807, 2.05) is 0 Å². The zero-order chi connectivity index (χ0) is 7.84. The molecule has 0 saturated heterocycles. The van der Waals surface area contributed by atoms with Crippen molar-refractivity contribution in [2.75, 3.05) is 0 Å². The van der Waals surface area contributed by atoms with Gasteiger partial charge in [0.25, 0.3) is 0 Å². The average Bonchev–Trinajstić information content (AvgIpc) is 2.45. The molecule has 0 aromatic heterocycles. The lowest BCUT2D eigenvalue weighted by Crippen LogP contribution is -2.09. The minimum atomic E-state index is -0.271. The molecule has 2 saturated carbocycles. The Morgan fingerprint density at radius 1 is 1.55 bits per heavy atom. The Morgan fingerprint density at radius 3 is 2.82 bits per heavy atom. The molecule has 0 heterocycles. The summed E-state index contributed by atoms with van der Waals surface area (Å²) in [5.41, 5.74) is 6.40. The van der Waals surface area contributed by atoms with Crippen LogP contribution in [0, 0.1) is 11.8 Å². The van der Waals surface area contributed by atoms with Gasteiger partial charge in [-0.1, -0.05) is 5.57 Å². The largest absolute Gasteiger partial charge is 0.366 e. The summed E-state index contributed by atoms with van der Waals surface area (Å²) < 4.78 is 0. The third-order valence-electron chi connectivity index (χ3n) is 2.92. The van der Waals surface area contributed by atoms with Gasteiger partial charge in [-0.3, -0.25) is 4.79 Å². The molecule has 60 valence electrons. The molecule has 0 aliphatic heterocycles. The van der Waals surface area contributed by atoms with E-state index in [1.165, 1.54) is 24.8 Å². The Morgan fingerprint density at radius 2 is 2.36 bits per heavy atom. The van der Waals surface area contributed by atoms with Crippen molar-refractivity contribution < 1.29 is 4.79 Å². The summed E-state index contributed by atoms with van der Waals surface area (Å²) in [5, 5.41) is 0. The molecule has 11 heavy (non-hydrogen) atoms. The summed E-state index contributed by atoms with van der Waals surface area (Å²) >= 11 is 0. The van der Waals surface area contributed by atoms with Gasteiger partial charge in [-0.2, -0.15) is 0 Å². The van der Waals surface area contributed by atoms with E-state index in [0.29, 0.717) is 5.92 Å². The van der Waals surface area contributed by atoms with Crippen molar-refractivity contribution >= 4 is 5.91 Å².